The van der Waals surface area contributed by atoms with E-state index in [2.05, 4.69) is 5.43 Å². The van der Waals surface area contributed by atoms with Gasteiger partial charge in [0.05, 0.1) is 4.90 Å². The van der Waals surface area contributed by atoms with Crippen molar-refractivity contribution in [2.45, 2.75) is 25.2 Å². The van der Waals surface area contributed by atoms with E-state index >= 15 is 0 Å². The highest BCUT2D eigenvalue weighted by Crippen LogP contribution is 2.13. The first kappa shape index (κ1) is 14.9. The molecule has 0 fully saturated rings. The van der Waals surface area contributed by atoms with E-state index < -0.39 is 10.0 Å². The number of hydrogen-bond acceptors (Lipinski definition) is 3. The summed E-state index contributed by atoms with van der Waals surface area (Å²) in [7, 11) is -3.75. The Morgan fingerprint density at radius 1 is 1.28 bits per heavy atom. The van der Waals surface area contributed by atoms with Crippen molar-refractivity contribution in [1.29, 1.82) is 0 Å². The van der Waals surface area contributed by atoms with E-state index in [0.29, 0.717) is 5.02 Å². The smallest absolute Gasteiger partial charge is 0.257 e. The van der Waals surface area contributed by atoms with Crippen LogP contribution in [0.2, 0.25) is 5.02 Å². The second-order valence-corrected chi connectivity index (χ2v) is 6.32. The number of hydrogen-bond donors (Lipinski definition) is 2. The van der Waals surface area contributed by atoms with Crippen LogP contribution >= 0.6 is 11.6 Å². The van der Waals surface area contributed by atoms with E-state index in [-0.39, 0.29) is 23.1 Å². The molecule has 0 saturated carbocycles. The van der Waals surface area contributed by atoms with Crippen molar-refractivity contribution >= 4 is 27.5 Å². The highest BCUT2D eigenvalue weighted by Gasteiger charge is 2.15. The Balaban J connectivity index is 2.66. The predicted molar refractivity (Wildman–Crippen MR) is 69.4 cm³/mol. The molecule has 0 atom stereocenters. The molecule has 5 nitrogen and oxygen atoms in total. The highest BCUT2D eigenvalue weighted by atomic mass is 35.5. The number of sulfonamides is 1. The molecule has 0 aromatic heterocycles. The molecule has 0 radical (unpaired) electrons. The van der Waals surface area contributed by atoms with Gasteiger partial charge in [-0.1, -0.05) is 25.4 Å². The Morgan fingerprint density at radius 3 is 2.33 bits per heavy atom. The van der Waals surface area contributed by atoms with E-state index in [0.717, 1.165) is 0 Å². The van der Waals surface area contributed by atoms with Crippen LogP contribution in [0.5, 0.6) is 0 Å². The first-order valence-electron chi connectivity index (χ1n) is 5.37. The number of benzene rings is 1. The summed E-state index contributed by atoms with van der Waals surface area (Å²) in [6.45, 7) is 3.74. The zero-order valence-electron chi connectivity index (χ0n) is 10.1. The minimum absolute atomic E-state index is 0.0387. The third kappa shape index (κ3) is 4.64. The van der Waals surface area contributed by atoms with Gasteiger partial charge in [0.15, 0.2) is 0 Å². The molecular formula is C11H15ClN2O3S. The van der Waals surface area contributed by atoms with Crippen molar-refractivity contribution in [1.82, 2.24) is 10.3 Å². The van der Waals surface area contributed by atoms with Crippen LogP contribution in [0, 0.1) is 5.92 Å². The van der Waals surface area contributed by atoms with Gasteiger partial charge in [0.2, 0.25) is 5.91 Å². The van der Waals surface area contributed by atoms with Gasteiger partial charge >= 0.3 is 0 Å². The fourth-order valence-corrected chi connectivity index (χ4v) is 2.21. The van der Waals surface area contributed by atoms with Crippen LogP contribution in [0.25, 0.3) is 0 Å². The topological polar surface area (TPSA) is 75.3 Å². The number of rotatable bonds is 5. The second-order valence-electron chi connectivity index (χ2n) is 4.21. The molecule has 1 rings (SSSR count). The molecule has 0 heterocycles. The van der Waals surface area contributed by atoms with Crippen LogP contribution < -0.4 is 10.3 Å². The minimum Gasteiger partial charge on any atom is -0.278 e. The van der Waals surface area contributed by atoms with Crippen LogP contribution in [0.15, 0.2) is 29.2 Å². The lowest BCUT2D eigenvalue weighted by Crippen LogP contribution is -2.41. The number of hydrazine groups is 1. The quantitative estimate of drug-likeness (QED) is 0.811. The van der Waals surface area contributed by atoms with Gasteiger partial charge in [0, 0.05) is 11.4 Å². The minimum atomic E-state index is -3.75. The Bertz CT molecular complexity index is 512. The molecule has 1 aromatic carbocycles. The summed E-state index contributed by atoms with van der Waals surface area (Å²) >= 11 is 5.66. The van der Waals surface area contributed by atoms with Gasteiger partial charge < -0.3 is 0 Å². The first-order chi connectivity index (χ1) is 8.31. The predicted octanol–water partition coefficient (Wildman–Crippen LogP) is 1.70. The van der Waals surface area contributed by atoms with Crippen LogP contribution in [0.1, 0.15) is 20.3 Å². The maximum Gasteiger partial charge on any atom is 0.257 e. The molecule has 0 aliphatic rings. The van der Waals surface area contributed by atoms with Crippen molar-refractivity contribution in [3.63, 3.8) is 0 Å². The third-order valence-electron chi connectivity index (χ3n) is 2.04. The van der Waals surface area contributed by atoms with Gasteiger partial charge in [-0.2, -0.15) is 0 Å². The number of amides is 1. The van der Waals surface area contributed by atoms with Crippen LogP contribution in [0.4, 0.5) is 0 Å². The van der Waals surface area contributed by atoms with Crippen molar-refractivity contribution < 1.29 is 13.2 Å². The van der Waals surface area contributed by atoms with E-state index in [1.807, 2.05) is 18.7 Å². The van der Waals surface area contributed by atoms with E-state index in [9.17, 15) is 13.2 Å². The Labute approximate surface area is 112 Å². The van der Waals surface area contributed by atoms with Gasteiger partial charge in [-0.05, 0) is 30.2 Å². The first-order valence-corrected chi connectivity index (χ1v) is 7.23. The average molecular weight is 291 g/mol. The highest BCUT2D eigenvalue weighted by molar-refractivity contribution is 7.89. The number of carbonyl (C=O) groups is 1. The maximum absolute atomic E-state index is 11.8. The average Bonchev–Trinajstić information content (AvgIpc) is 2.26. The number of halogens is 1. The van der Waals surface area contributed by atoms with Crippen molar-refractivity contribution in [3.05, 3.63) is 29.3 Å². The van der Waals surface area contributed by atoms with Gasteiger partial charge in [-0.15, -0.1) is 4.83 Å². The van der Waals surface area contributed by atoms with Gasteiger partial charge in [-0.25, -0.2) is 8.42 Å². The fourth-order valence-electron chi connectivity index (χ4n) is 1.22. The summed E-state index contributed by atoms with van der Waals surface area (Å²) in [5, 5.41) is 0.442. The molecule has 0 spiro atoms. The normalized spacial score (nSPS) is 11.6. The molecule has 2 N–H and O–H groups in total. The molecule has 0 bridgehead atoms. The SMILES string of the molecule is CC(C)CC(=O)NNS(=O)(=O)c1ccc(Cl)cc1. The molecule has 0 aliphatic heterocycles. The molecule has 18 heavy (non-hydrogen) atoms. The van der Waals surface area contributed by atoms with Crippen LogP contribution in [-0.4, -0.2) is 14.3 Å². The zero-order chi connectivity index (χ0) is 13.8. The fraction of sp³-hybridized carbons (Fsp3) is 0.364. The molecule has 1 amide bonds. The summed E-state index contributed by atoms with van der Waals surface area (Å²) < 4.78 is 23.5. The molecule has 100 valence electrons. The van der Waals surface area contributed by atoms with Gasteiger partial charge in [-0.3, -0.25) is 10.2 Å². The number of carbonyl (C=O) groups excluding carboxylic acids is 1. The molecule has 0 aliphatic carbocycles. The Hall–Kier alpha value is -1.11. The molecular weight excluding hydrogens is 276 g/mol. The monoisotopic (exact) mass is 290 g/mol. The largest absolute Gasteiger partial charge is 0.278 e. The van der Waals surface area contributed by atoms with E-state index in [1.54, 1.807) is 0 Å². The molecule has 1 aromatic rings. The summed E-state index contributed by atoms with van der Waals surface area (Å²) in [5.74, 6) is -0.215. The summed E-state index contributed by atoms with van der Waals surface area (Å²) in [5.41, 5.74) is 2.16. The zero-order valence-corrected chi connectivity index (χ0v) is 11.7. The second kappa shape index (κ2) is 6.17. The van der Waals surface area contributed by atoms with E-state index in [1.165, 1.54) is 24.3 Å². The van der Waals surface area contributed by atoms with Crippen molar-refractivity contribution in [2.24, 2.45) is 5.92 Å². The van der Waals surface area contributed by atoms with E-state index in [4.69, 9.17) is 11.6 Å². The molecule has 0 saturated heterocycles. The standard InChI is InChI=1S/C11H15ClN2O3S/c1-8(2)7-11(15)13-14-18(16,17)10-5-3-9(12)4-6-10/h3-6,8,14H,7H2,1-2H3,(H,13,15). The summed E-state index contributed by atoms with van der Waals surface area (Å²) in [6, 6.07) is 5.65. The summed E-state index contributed by atoms with van der Waals surface area (Å²) in [6.07, 6.45) is 0.253. The van der Waals surface area contributed by atoms with Gasteiger partial charge in [0.1, 0.15) is 0 Å². The van der Waals surface area contributed by atoms with Gasteiger partial charge in [0.25, 0.3) is 10.0 Å². The molecule has 7 heteroatoms. The lowest BCUT2D eigenvalue weighted by Gasteiger charge is -2.09. The molecule has 0 unspecified atom stereocenters. The van der Waals surface area contributed by atoms with Crippen LogP contribution in [0.3, 0.4) is 0 Å². The van der Waals surface area contributed by atoms with Crippen LogP contribution in [-0.2, 0) is 14.8 Å². The Kier molecular flexibility index (Phi) is 5.13. The van der Waals surface area contributed by atoms with Crippen molar-refractivity contribution in [3.8, 4) is 0 Å². The maximum atomic E-state index is 11.8. The third-order valence-corrected chi connectivity index (χ3v) is 3.56. The number of nitrogens with one attached hydrogen (secondary N) is 2. The Morgan fingerprint density at radius 2 is 1.83 bits per heavy atom. The van der Waals surface area contributed by atoms with Crippen molar-refractivity contribution in [2.75, 3.05) is 0 Å². The summed E-state index contributed by atoms with van der Waals surface area (Å²) in [4.78, 5) is 13.4. The lowest BCUT2D eigenvalue weighted by atomic mass is 10.1. The lowest BCUT2D eigenvalue weighted by molar-refractivity contribution is -0.122.